The van der Waals surface area contributed by atoms with Crippen LogP contribution in [0.1, 0.15) is 55.4 Å². The van der Waals surface area contributed by atoms with Crippen molar-refractivity contribution in [3.8, 4) is 22.6 Å². The number of hydrogen-bond acceptors (Lipinski definition) is 2. The van der Waals surface area contributed by atoms with Crippen LogP contribution < -0.4 is 9.05 Å². The first-order valence-electron chi connectivity index (χ1n) is 13.3. The van der Waals surface area contributed by atoms with Gasteiger partial charge >= 0.3 is 0 Å². The predicted octanol–water partition coefficient (Wildman–Crippen LogP) is 11.8. The number of benzene rings is 4. The molecule has 4 aromatic carbocycles. The van der Waals surface area contributed by atoms with Gasteiger partial charge in [0.05, 0.1) is 16.3 Å². The quantitative estimate of drug-likeness (QED) is 0.241. The molecule has 198 valence electrons. The molecular weight excluding hydrogens is 478 g/mol. The van der Waals surface area contributed by atoms with Gasteiger partial charge < -0.3 is 9.05 Å². The first kappa shape index (κ1) is 33.9. The third-order valence-electron chi connectivity index (χ3n) is 4.59. The summed E-state index contributed by atoms with van der Waals surface area (Å²) in [7, 11) is -1.09. The minimum atomic E-state index is -0.545. The highest BCUT2D eigenvalue weighted by Gasteiger charge is 2.20. The van der Waals surface area contributed by atoms with Crippen LogP contribution in [0.5, 0.6) is 11.5 Å². The van der Waals surface area contributed by atoms with Gasteiger partial charge in [-0.2, -0.15) is 0 Å². The molecular formula is C32H48O2P2. The van der Waals surface area contributed by atoms with Gasteiger partial charge in [0, 0.05) is 11.1 Å². The minimum absolute atomic E-state index is 0.545. The van der Waals surface area contributed by atoms with Gasteiger partial charge in [-0.15, -0.1) is 0 Å². The molecule has 0 saturated heterocycles. The monoisotopic (exact) mass is 526 g/mol. The van der Waals surface area contributed by atoms with Gasteiger partial charge in [0.15, 0.2) is 0 Å². The number of hydrogen-bond donors (Lipinski definition) is 0. The maximum absolute atomic E-state index is 6.33. The summed E-state index contributed by atoms with van der Waals surface area (Å²) in [5.74, 6) is 1.85. The van der Waals surface area contributed by atoms with Crippen LogP contribution in [0.3, 0.4) is 0 Å². The van der Waals surface area contributed by atoms with Gasteiger partial charge in [0.25, 0.3) is 0 Å². The van der Waals surface area contributed by atoms with Gasteiger partial charge in [-0.05, 0) is 60.3 Å². The Labute approximate surface area is 224 Å². The predicted molar refractivity (Wildman–Crippen MR) is 171 cm³/mol. The topological polar surface area (TPSA) is 18.5 Å². The molecule has 36 heavy (non-hydrogen) atoms. The highest BCUT2D eigenvalue weighted by molar-refractivity contribution is 7.51. The zero-order valence-corrected chi connectivity index (χ0v) is 26.4. The summed E-state index contributed by atoms with van der Waals surface area (Å²) in [6.07, 6.45) is 0. The van der Waals surface area contributed by atoms with Crippen molar-refractivity contribution >= 4 is 37.8 Å². The Morgan fingerprint density at radius 3 is 1.03 bits per heavy atom. The minimum Gasteiger partial charge on any atom is -0.474 e. The maximum Gasteiger partial charge on any atom is 0.131 e. The first-order valence-corrected chi connectivity index (χ1v) is 17.6. The summed E-state index contributed by atoms with van der Waals surface area (Å²) < 4.78 is 12.7. The van der Waals surface area contributed by atoms with E-state index in [9.17, 15) is 0 Å². The Morgan fingerprint density at radius 1 is 0.417 bits per heavy atom. The lowest BCUT2D eigenvalue weighted by atomic mass is 9.92. The largest absolute Gasteiger partial charge is 0.474 e. The Hall–Kier alpha value is -2.14. The molecule has 0 amide bonds. The lowest BCUT2D eigenvalue weighted by Gasteiger charge is -2.21. The number of fused-ring (bicyclic) bond motifs is 2. The molecule has 0 aliphatic carbocycles. The van der Waals surface area contributed by atoms with Crippen LogP contribution in [0.15, 0.2) is 72.8 Å². The molecule has 0 aliphatic heterocycles. The standard InChI is InChI=1S/C24H24O2P2.4C2H6/c1-27(2)25-21-15-13-17-9-5-7-11-19(17)23(21)24-20-12-8-6-10-18(20)14-16-22(24)26-28(3)4;4*1-2/h5-16H,1-4H3;4*1-2H3. The molecule has 0 heterocycles. The third-order valence-corrected chi connectivity index (χ3v) is 5.72. The highest BCUT2D eigenvalue weighted by Crippen LogP contribution is 2.49. The smallest absolute Gasteiger partial charge is 0.131 e. The van der Waals surface area contributed by atoms with Crippen molar-refractivity contribution in [3.05, 3.63) is 72.8 Å². The van der Waals surface area contributed by atoms with E-state index in [2.05, 4.69) is 99.5 Å². The van der Waals surface area contributed by atoms with Crippen molar-refractivity contribution < 1.29 is 9.05 Å². The van der Waals surface area contributed by atoms with Gasteiger partial charge in [0.2, 0.25) is 0 Å². The first-order chi connectivity index (χ1) is 17.5. The summed E-state index contributed by atoms with van der Waals surface area (Å²) in [5, 5.41) is 4.79. The molecule has 0 radical (unpaired) electrons. The van der Waals surface area contributed by atoms with E-state index in [4.69, 9.17) is 9.05 Å². The van der Waals surface area contributed by atoms with E-state index in [1.54, 1.807) is 0 Å². The second kappa shape index (κ2) is 19.0. The van der Waals surface area contributed by atoms with E-state index in [0.717, 1.165) is 22.6 Å². The molecule has 0 fully saturated rings. The van der Waals surface area contributed by atoms with Crippen LogP contribution in [0.2, 0.25) is 0 Å². The van der Waals surface area contributed by atoms with E-state index in [0.29, 0.717) is 0 Å². The Morgan fingerprint density at radius 2 is 0.722 bits per heavy atom. The van der Waals surface area contributed by atoms with Crippen LogP contribution in [0.25, 0.3) is 32.7 Å². The van der Waals surface area contributed by atoms with E-state index in [-0.39, 0.29) is 0 Å². The average Bonchev–Trinajstić information content (AvgIpc) is 2.93. The Balaban J connectivity index is 0.00000140. The summed E-state index contributed by atoms with van der Waals surface area (Å²) in [6.45, 7) is 24.5. The lowest BCUT2D eigenvalue weighted by Crippen LogP contribution is -1.95. The summed E-state index contributed by atoms with van der Waals surface area (Å²) in [5.41, 5.74) is 2.25. The summed E-state index contributed by atoms with van der Waals surface area (Å²) in [4.78, 5) is 0. The van der Waals surface area contributed by atoms with Crippen LogP contribution in [0, 0.1) is 0 Å². The molecule has 4 aromatic rings. The highest BCUT2D eigenvalue weighted by atomic mass is 31.1. The van der Waals surface area contributed by atoms with Gasteiger partial charge in [0.1, 0.15) is 11.5 Å². The van der Waals surface area contributed by atoms with E-state index < -0.39 is 16.3 Å². The normalized spacial score (nSPS) is 9.61. The summed E-state index contributed by atoms with van der Waals surface area (Å²) in [6, 6.07) is 25.5. The fourth-order valence-corrected chi connectivity index (χ4v) is 4.66. The molecule has 0 spiro atoms. The van der Waals surface area contributed by atoms with E-state index >= 15 is 0 Å². The van der Waals surface area contributed by atoms with Crippen LogP contribution >= 0.6 is 16.3 Å². The Bertz CT molecular complexity index is 1050. The van der Waals surface area contributed by atoms with Crippen molar-refractivity contribution in [2.24, 2.45) is 0 Å². The van der Waals surface area contributed by atoms with Gasteiger partial charge in [-0.3, -0.25) is 0 Å². The second-order valence-corrected chi connectivity index (χ2v) is 10.7. The molecule has 0 atom stereocenters. The summed E-state index contributed by atoms with van der Waals surface area (Å²) >= 11 is 0. The molecule has 0 N–H and O–H groups in total. The third kappa shape index (κ3) is 9.06. The Kier molecular flexibility index (Phi) is 17.9. The van der Waals surface area contributed by atoms with E-state index in [1.165, 1.54) is 21.5 Å². The number of rotatable bonds is 5. The lowest BCUT2D eigenvalue weighted by molar-refractivity contribution is 0.617. The van der Waals surface area contributed by atoms with Gasteiger partial charge in [-0.25, -0.2) is 0 Å². The van der Waals surface area contributed by atoms with Crippen molar-refractivity contribution in [2.45, 2.75) is 55.4 Å². The maximum atomic E-state index is 6.33. The second-order valence-electron chi connectivity index (χ2n) is 7.13. The van der Waals surface area contributed by atoms with Crippen molar-refractivity contribution in [1.82, 2.24) is 0 Å². The SMILES string of the molecule is CC.CC.CC.CC.CP(C)Oc1ccc2ccccc2c1-c1c(OP(C)C)ccc2ccccc12. The molecule has 0 saturated carbocycles. The molecule has 4 rings (SSSR count). The molecule has 2 nitrogen and oxygen atoms in total. The molecule has 0 aromatic heterocycles. The van der Waals surface area contributed by atoms with E-state index in [1.807, 2.05) is 55.4 Å². The molecule has 0 aliphatic rings. The van der Waals surface area contributed by atoms with Crippen molar-refractivity contribution in [2.75, 3.05) is 26.7 Å². The van der Waals surface area contributed by atoms with Crippen LogP contribution in [-0.4, -0.2) is 26.7 Å². The zero-order valence-electron chi connectivity index (χ0n) is 24.6. The van der Waals surface area contributed by atoms with Crippen molar-refractivity contribution in [1.29, 1.82) is 0 Å². The average molecular weight is 527 g/mol. The van der Waals surface area contributed by atoms with Crippen LogP contribution in [-0.2, 0) is 0 Å². The van der Waals surface area contributed by atoms with Crippen LogP contribution in [0.4, 0.5) is 0 Å². The molecule has 0 unspecified atom stereocenters. The fraction of sp³-hybridized carbons (Fsp3) is 0.375. The van der Waals surface area contributed by atoms with Gasteiger partial charge in [-0.1, -0.05) is 116 Å². The molecule has 0 bridgehead atoms. The zero-order chi connectivity index (χ0) is 27.7. The molecule has 4 heteroatoms. The fourth-order valence-electron chi connectivity index (χ4n) is 3.56. The van der Waals surface area contributed by atoms with Crippen molar-refractivity contribution in [3.63, 3.8) is 0 Å².